The van der Waals surface area contributed by atoms with Gasteiger partial charge in [0.2, 0.25) is 0 Å². The molecule has 0 aliphatic carbocycles. The van der Waals surface area contributed by atoms with Crippen molar-refractivity contribution in [3.8, 4) is 10.6 Å². The minimum Gasteiger partial charge on any atom is -0.480 e. The third-order valence-corrected chi connectivity index (χ3v) is 5.51. The van der Waals surface area contributed by atoms with E-state index >= 15 is 0 Å². The van der Waals surface area contributed by atoms with Crippen molar-refractivity contribution in [1.29, 1.82) is 0 Å². The number of hydrogen-bond acceptors (Lipinski definition) is 4. The van der Waals surface area contributed by atoms with Crippen LogP contribution in [0.15, 0.2) is 54.6 Å². The summed E-state index contributed by atoms with van der Waals surface area (Å²) in [4.78, 5) is 29.0. The highest BCUT2D eigenvalue weighted by Gasteiger charge is 2.24. The van der Waals surface area contributed by atoms with Gasteiger partial charge in [-0.1, -0.05) is 60.1 Å². The number of rotatable bonds is 6. The molecule has 0 aliphatic rings. The number of benzene rings is 2. The lowest BCUT2D eigenvalue weighted by molar-refractivity contribution is -0.139. The minimum atomic E-state index is -1.08. The van der Waals surface area contributed by atoms with Crippen molar-refractivity contribution < 1.29 is 14.7 Å². The molecule has 3 aromatic rings. The first-order valence-electron chi connectivity index (χ1n) is 8.25. The average Bonchev–Trinajstić information content (AvgIpc) is 3.04. The molecule has 0 unspecified atom stereocenters. The molecule has 5 nitrogen and oxygen atoms in total. The first-order valence-corrected chi connectivity index (χ1v) is 9.45. The Morgan fingerprint density at radius 3 is 2.48 bits per heavy atom. The van der Waals surface area contributed by atoms with Crippen LogP contribution in [0.2, 0.25) is 5.02 Å². The van der Waals surface area contributed by atoms with Crippen molar-refractivity contribution in [3.05, 3.63) is 75.8 Å². The van der Waals surface area contributed by atoms with Gasteiger partial charge in [0.05, 0.1) is 10.7 Å². The fourth-order valence-electron chi connectivity index (χ4n) is 2.63. The summed E-state index contributed by atoms with van der Waals surface area (Å²) in [7, 11) is 0. The number of nitrogens with zero attached hydrogens (tertiary/aromatic N) is 1. The Balaban J connectivity index is 1.81. The molecule has 27 heavy (non-hydrogen) atoms. The van der Waals surface area contributed by atoms with Gasteiger partial charge in [0.15, 0.2) is 0 Å². The van der Waals surface area contributed by atoms with Crippen LogP contribution in [0.5, 0.6) is 0 Å². The van der Waals surface area contributed by atoms with E-state index in [1.807, 2.05) is 48.5 Å². The maximum Gasteiger partial charge on any atom is 0.326 e. The number of halogens is 1. The van der Waals surface area contributed by atoms with Gasteiger partial charge < -0.3 is 10.4 Å². The van der Waals surface area contributed by atoms with Gasteiger partial charge in [-0.15, -0.1) is 11.3 Å². The Bertz CT molecular complexity index is 972. The normalized spacial score (nSPS) is 11.8. The number of carbonyl (C=O) groups is 2. The molecule has 0 saturated heterocycles. The second kappa shape index (κ2) is 8.33. The fourth-order valence-corrected chi connectivity index (χ4v) is 3.92. The number of aromatic nitrogens is 1. The highest BCUT2D eigenvalue weighted by atomic mass is 35.5. The van der Waals surface area contributed by atoms with E-state index in [1.54, 1.807) is 13.0 Å². The van der Waals surface area contributed by atoms with E-state index in [0.29, 0.717) is 20.6 Å². The first kappa shape index (κ1) is 19.1. The number of carboxylic acids is 1. The molecule has 0 fully saturated rings. The molecule has 2 aromatic carbocycles. The number of nitrogens with one attached hydrogen (secondary N) is 1. The number of carbonyl (C=O) groups excluding carboxylic acids is 1. The molecule has 1 amide bonds. The SMILES string of the molecule is Cc1nc(-c2ccccc2Cl)sc1C(=O)N[C@@H](Cc1ccccc1)C(=O)O. The topological polar surface area (TPSA) is 79.3 Å². The molecular weight excluding hydrogens is 384 g/mol. The van der Waals surface area contributed by atoms with E-state index in [4.69, 9.17) is 11.6 Å². The lowest BCUT2D eigenvalue weighted by atomic mass is 10.1. The number of hydrogen-bond donors (Lipinski definition) is 2. The second-order valence-electron chi connectivity index (χ2n) is 5.97. The molecule has 0 aliphatic heterocycles. The Morgan fingerprint density at radius 1 is 1.15 bits per heavy atom. The highest BCUT2D eigenvalue weighted by molar-refractivity contribution is 7.17. The third kappa shape index (κ3) is 4.53. The van der Waals surface area contributed by atoms with Crippen LogP contribution in [-0.2, 0) is 11.2 Å². The van der Waals surface area contributed by atoms with Gasteiger partial charge in [0, 0.05) is 12.0 Å². The zero-order valence-electron chi connectivity index (χ0n) is 14.5. The van der Waals surface area contributed by atoms with Crippen molar-refractivity contribution >= 4 is 34.8 Å². The molecule has 0 saturated carbocycles. The van der Waals surface area contributed by atoms with Gasteiger partial charge in [0.25, 0.3) is 5.91 Å². The van der Waals surface area contributed by atoms with E-state index < -0.39 is 17.9 Å². The molecule has 0 radical (unpaired) electrons. The number of aliphatic carboxylic acids is 1. The maximum absolute atomic E-state index is 12.7. The van der Waals surface area contributed by atoms with Crippen LogP contribution < -0.4 is 5.32 Å². The van der Waals surface area contributed by atoms with Gasteiger partial charge in [-0.2, -0.15) is 0 Å². The van der Waals surface area contributed by atoms with Crippen LogP contribution in [0, 0.1) is 6.92 Å². The summed E-state index contributed by atoms with van der Waals surface area (Å²) < 4.78 is 0. The van der Waals surface area contributed by atoms with Crippen LogP contribution >= 0.6 is 22.9 Å². The van der Waals surface area contributed by atoms with E-state index in [0.717, 1.165) is 11.1 Å². The summed E-state index contributed by atoms with van der Waals surface area (Å²) in [6.45, 7) is 1.72. The molecule has 0 bridgehead atoms. The monoisotopic (exact) mass is 400 g/mol. The summed E-state index contributed by atoms with van der Waals surface area (Å²) in [5.74, 6) is -1.53. The summed E-state index contributed by atoms with van der Waals surface area (Å²) in [5.41, 5.74) is 2.12. The second-order valence-corrected chi connectivity index (χ2v) is 7.37. The van der Waals surface area contributed by atoms with Crippen LogP contribution in [0.4, 0.5) is 0 Å². The standard InChI is InChI=1S/C20H17ClN2O3S/c1-12-17(27-19(22-12)14-9-5-6-10-15(14)21)18(24)23-16(20(25)26)11-13-7-3-2-4-8-13/h2-10,16H,11H2,1H3,(H,23,24)(H,25,26)/t16-/m0/s1. The first-order chi connectivity index (χ1) is 13.0. The van der Waals surface area contributed by atoms with Gasteiger partial charge >= 0.3 is 5.97 Å². The van der Waals surface area contributed by atoms with E-state index in [-0.39, 0.29) is 6.42 Å². The van der Waals surface area contributed by atoms with Crippen LogP contribution in [0.3, 0.4) is 0 Å². The molecule has 7 heteroatoms. The minimum absolute atomic E-state index is 0.205. The average molecular weight is 401 g/mol. The maximum atomic E-state index is 12.7. The number of thiazole rings is 1. The third-order valence-electron chi connectivity index (χ3n) is 3.99. The predicted octanol–water partition coefficient (Wildman–Crippen LogP) is 4.20. The Hall–Kier alpha value is -2.70. The van der Waals surface area contributed by atoms with E-state index in [2.05, 4.69) is 10.3 Å². The number of aryl methyl sites for hydroxylation is 1. The van der Waals surface area contributed by atoms with Crippen LogP contribution in [-0.4, -0.2) is 28.0 Å². The number of carboxylic acid groups (broad SMARTS) is 1. The quantitative estimate of drug-likeness (QED) is 0.650. The van der Waals surface area contributed by atoms with Crippen molar-refractivity contribution in [3.63, 3.8) is 0 Å². The molecular formula is C20H17ClN2O3S. The lowest BCUT2D eigenvalue weighted by Crippen LogP contribution is -2.42. The smallest absolute Gasteiger partial charge is 0.326 e. The molecule has 1 aromatic heterocycles. The van der Waals surface area contributed by atoms with Crippen molar-refractivity contribution in [2.75, 3.05) is 0 Å². The van der Waals surface area contributed by atoms with Crippen molar-refractivity contribution in [2.24, 2.45) is 0 Å². The van der Waals surface area contributed by atoms with E-state index in [9.17, 15) is 14.7 Å². The van der Waals surface area contributed by atoms with Crippen LogP contribution in [0.25, 0.3) is 10.6 Å². The summed E-state index contributed by atoms with van der Waals surface area (Å²) in [5, 5.41) is 13.2. The fraction of sp³-hybridized carbons (Fsp3) is 0.150. The highest BCUT2D eigenvalue weighted by Crippen LogP contribution is 2.32. The summed E-state index contributed by atoms with van der Waals surface area (Å²) >= 11 is 7.40. The Kier molecular flexibility index (Phi) is 5.88. The lowest BCUT2D eigenvalue weighted by Gasteiger charge is -2.14. The molecule has 1 heterocycles. The number of amides is 1. The molecule has 138 valence electrons. The van der Waals surface area contributed by atoms with Gasteiger partial charge in [0.1, 0.15) is 15.9 Å². The van der Waals surface area contributed by atoms with Gasteiger partial charge in [-0.3, -0.25) is 4.79 Å². The molecule has 2 N–H and O–H groups in total. The molecule has 3 rings (SSSR count). The molecule has 0 spiro atoms. The summed E-state index contributed by atoms with van der Waals surface area (Å²) in [6.07, 6.45) is 0.205. The van der Waals surface area contributed by atoms with E-state index in [1.165, 1.54) is 11.3 Å². The van der Waals surface area contributed by atoms with Gasteiger partial charge in [-0.05, 0) is 18.6 Å². The molecule has 1 atom stereocenters. The Labute approximate surface area is 165 Å². The zero-order valence-corrected chi connectivity index (χ0v) is 16.1. The predicted molar refractivity (Wildman–Crippen MR) is 106 cm³/mol. The van der Waals surface area contributed by atoms with Gasteiger partial charge in [-0.25, -0.2) is 9.78 Å². The van der Waals surface area contributed by atoms with Crippen LogP contribution in [0.1, 0.15) is 20.9 Å². The van der Waals surface area contributed by atoms with Crippen molar-refractivity contribution in [2.45, 2.75) is 19.4 Å². The zero-order chi connectivity index (χ0) is 19.4. The van der Waals surface area contributed by atoms with Crippen molar-refractivity contribution in [1.82, 2.24) is 10.3 Å². The Morgan fingerprint density at radius 2 is 1.81 bits per heavy atom. The summed E-state index contributed by atoms with van der Waals surface area (Å²) in [6, 6.07) is 15.4. The largest absolute Gasteiger partial charge is 0.480 e.